The molecular formula is C23H36N4O2. The molecule has 1 N–H and O–H groups in total. The largest absolute Gasteiger partial charge is 0.353 e. The van der Waals surface area contributed by atoms with Gasteiger partial charge in [-0.2, -0.15) is 0 Å². The highest BCUT2D eigenvalue weighted by molar-refractivity contribution is 5.84. The van der Waals surface area contributed by atoms with Crippen LogP contribution in [-0.4, -0.2) is 53.9 Å². The summed E-state index contributed by atoms with van der Waals surface area (Å²) in [5, 5.41) is 3.15. The molecular weight excluding hydrogens is 364 g/mol. The number of piperazine rings is 1. The van der Waals surface area contributed by atoms with Crippen LogP contribution in [0.1, 0.15) is 59.3 Å². The summed E-state index contributed by atoms with van der Waals surface area (Å²) in [7, 11) is 0. The van der Waals surface area contributed by atoms with E-state index in [9.17, 15) is 9.59 Å². The fourth-order valence-electron chi connectivity index (χ4n) is 4.51. The lowest BCUT2D eigenvalue weighted by molar-refractivity contribution is -0.134. The number of aromatic nitrogens is 1. The molecule has 1 aromatic heterocycles. The Morgan fingerprint density at radius 2 is 1.72 bits per heavy atom. The fraction of sp³-hybridized carbons (Fsp3) is 0.696. The third kappa shape index (κ3) is 6.18. The van der Waals surface area contributed by atoms with Crippen LogP contribution in [0.15, 0.2) is 24.4 Å². The summed E-state index contributed by atoms with van der Waals surface area (Å²) in [5.41, 5.74) is 0.349. The summed E-state index contributed by atoms with van der Waals surface area (Å²) in [5.74, 6) is 1.80. The van der Waals surface area contributed by atoms with Crippen LogP contribution in [0.3, 0.4) is 0 Å². The van der Waals surface area contributed by atoms with E-state index in [0.29, 0.717) is 31.3 Å². The molecule has 1 aliphatic heterocycles. The molecule has 2 amide bonds. The van der Waals surface area contributed by atoms with Crippen molar-refractivity contribution in [3.63, 3.8) is 0 Å². The van der Waals surface area contributed by atoms with Gasteiger partial charge in [0.1, 0.15) is 5.82 Å². The van der Waals surface area contributed by atoms with Crippen LogP contribution in [-0.2, 0) is 9.59 Å². The second-order valence-electron chi connectivity index (χ2n) is 9.54. The first-order chi connectivity index (χ1) is 13.8. The molecule has 29 heavy (non-hydrogen) atoms. The van der Waals surface area contributed by atoms with Gasteiger partial charge in [0.05, 0.1) is 0 Å². The Morgan fingerprint density at radius 3 is 2.31 bits per heavy atom. The van der Waals surface area contributed by atoms with Crippen LogP contribution in [0, 0.1) is 11.3 Å². The van der Waals surface area contributed by atoms with Crippen LogP contribution in [0.4, 0.5) is 5.82 Å². The molecule has 6 heteroatoms. The molecule has 0 aromatic carbocycles. The second-order valence-corrected chi connectivity index (χ2v) is 9.54. The van der Waals surface area contributed by atoms with Crippen molar-refractivity contribution in [1.82, 2.24) is 15.2 Å². The molecule has 2 fully saturated rings. The maximum Gasteiger partial charge on any atom is 0.223 e. The maximum atomic E-state index is 12.5. The van der Waals surface area contributed by atoms with Crippen LogP contribution in [0.5, 0.6) is 0 Å². The van der Waals surface area contributed by atoms with Crippen LogP contribution in [0.2, 0.25) is 0 Å². The van der Waals surface area contributed by atoms with Gasteiger partial charge in [0.2, 0.25) is 11.8 Å². The average Bonchev–Trinajstić information content (AvgIpc) is 2.72. The zero-order valence-corrected chi connectivity index (χ0v) is 18.2. The van der Waals surface area contributed by atoms with Gasteiger partial charge in [0.15, 0.2) is 0 Å². The van der Waals surface area contributed by atoms with E-state index in [4.69, 9.17) is 0 Å². The lowest BCUT2D eigenvalue weighted by Gasteiger charge is -2.37. The summed E-state index contributed by atoms with van der Waals surface area (Å²) >= 11 is 0. The number of nitrogens with one attached hydrogen (secondary N) is 1. The Morgan fingerprint density at radius 1 is 1.03 bits per heavy atom. The van der Waals surface area contributed by atoms with Crippen LogP contribution < -0.4 is 10.2 Å². The molecule has 0 bridgehead atoms. The van der Waals surface area contributed by atoms with Gasteiger partial charge >= 0.3 is 0 Å². The Bertz CT molecular complexity index is 670. The van der Waals surface area contributed by atoms with Gasteiger partial charge in [-0.15, -0.1) is 0 Å². The van der Waals surface area contributed by atoms with Crippen molar-refractivity contribution < 1.29 is 9.59 Å². The van der Waals surface area contributed by atoms with Crippen molar-refractivity contribution in [3.8, 4) is 0 Å². The first-order valence-corrected chi connectivity index (χ1v) is 11.1. The number of amides is 2. The minimum atomic E-state index is 0.0182. The van der Waals surface area contributed by atoms with Gasteiger partial charge in [-0.25, -0.2) is 4.98 Å². The highest BCUT2D eigenvalue weighted by Crippen LogP contribution is 2.37. The van der Waals surface area contributed by atoms with E-state index in [0.717, 1.165) is 37.7 Å². The van der Waals surface area contributed by atoms with Gasteiger partial charge in [0.25, 0.3) is 0 Å². The van der Waals surface area contributed by atoms with Crippen LogP contribution in [0.25, 0.3) is 0 Å². The number of carbonyl (C=O) groups excluding carboxylic acids is 2. The smallest absolute Gasteiger partial charge is 0.223 e. The molecule has 1 saturated carbocycles. The molecule has 6 nitrogen and oxygen atoms in total. The van der Waals surface area contributed by atoms with Crippen molar-refractivity contribution in [2.24, 2.45) is 11.3 Å². The van der Waals surface area contributed by atoms with Crippen molar-refractivity contribution in [2.45, 2.75) is 65.3 Å². The molecule has 0 unspecified atom stereocenters. The number of hydrogen-bond acceptors (Lipinski definition) is 4. The zero-order chi connectivity index (χ0) is 20.9. The van der Waals surface area contributed by atoms with E-state index in [1.54, 1.807) is 6.20 Å². The third-order valence-corrected chi connectivity index (χ3v) is 6.49. The average molecular weight is 401 g/mol. The topological polar surface area (TPSA) is 65.5 Å². The quantitative estimate of drug-likeness (QED) is 0.824. The Hall–Kier alpha value is -2.11. The summed E-state index contributed by atoms with van der Waals surface area (Å²) < 4.78 is 0. The van der Waals surface area contributed by atoms with Crippen LogP contribution >= 0.6 is 0 Å². The van der Waals surface area contributed by atoms with Gasteiger partial charge in [0, 0.05) is 51.3 Å². The van der Waals surface area contributed by atoms with E-state index < -0.39 is 0 Å². The Labute approximate surface area is 175 Å². The summed E-state index contributed by atoms with van der Waals surface area (Å²) in [4.78, 5) is 33.3. The van der Waals surface area contributed by atoms with Gasteiger partial charge < -0.3 is 15.1 Å². The summed E-state index contributed by atoms with van der Waals surface area (Å²) in [6, 6.07) is 6.16. The van der Waals surface area contributed by atoms with E-state index in [2.05, 4.69) is 36.0 Å². The number of anilines is 1. The highest BCUT2D eigenvalue weighted by Gasteiger charge is 2.30. The normalized spacial score (nSPS) is 23.0. The minimum Gasteiger partial charge on any atom is -0.353 e. The fourth-order valence-corrected chi connectivity index (χ4v) is 4.51. The van der Waals surface area contributed by atoms with E-state index >= 15 is 0 Å². The van der Waals surface area contributed by atoms with Gasteiger partial charge in [-0.1, -0.05) is 26.8 Å². The van der Waals surface area contributed by atoms with E-state index in [1.807, 2.05) is 23.1 Å². The number of rotatable bonds is 5. The third-order valence-electron chi connectivity index (χ3n) is 6.49. The van der Waals surface area contributed by atoms with E-state index in [1.165, 1.54) is 12.8 Å². The zero-order valence-electron chi connectivity index (χ0n) is 18.2. The standard InChI is InChI=1S/C23H36N4O2/c1-23(2,3)18-7-9-19(10-8-18)25-21(28)11-12-22(29)27-16-14-26(15-17-27)20-6-4-5-13-24-20/h4-6,13,18-19H,7-12,14-17H2,1-3H3,(H,25,28). The van der Waals surface area contributed by atoms with Crippen molar-refractivity contribution in [1.29, 1.82) is 0 Å². The van der Waals surface area contributed by atoms with Gasteiger partial charge in [-0.05, 0) is 49.1 Å². The van der Waals surface area contributed by atoms with Crippen molar-refractivity contribution in [3.05, 3.63) is 24.4 Å². The molecule has 2 heterocycles. The molecule has 1 aromatic rings. The molecule has 3 rings (SSSR count). The molecule has 2 aliphatic rings. The predicted molar refractivity (Wildman–Crippen MR) is 116 cm³/mol. The first-order valence-electron chi connectivity index (χ1n) is 11.1. The second kappa shape index (κ2) is 9.59. The number of pyridine rings is 1. The molecule has 160 valence electrons. The summed E-state index contributed by atoms with van der Waals surface area (Å²) in [6.07, 6.45) is 6.84. The molecule has 0 spiro atoms. The maximum absolute atomic E-state index is 12.5. The lowest BCUT2D eigenvalue weighted by Crippen LogP contribution is -2.49. The monoisotopic (exact) mass is 400 g/mol. The summed E-state index contributed by atoms with van der Waals surface area (Å²) in [6.45, 7) is 9.86. The molecule has 1 aliphatic carbocycles. The number of hydrogen-bond donors (Lipinski definition) is 1. The predicted octanol–water partition coefficient (Wildman–Crippen LogP) is 3.23. The van der Waals surface area contributed by atoms with Crippen molar-refractivity contribution >= 4 is 17.6 Å². The van der Waals surface area contributed by atoms with Crippen molar-refractivity contribution in [2.75, 3.05) is 31.1 Å². The Kier molecular flexibility index (Phi) is 7.14. The number of carbonyl (C=O) groups is 2. The SMILES string of the molecule is CC(C)(C)C1CCC(NC(=O)CCC(=O)N2CCN(c3ccccn3)CC2)CC1. The van der Waals surface area contributed by atoms with E-state index in [-0.39, 0.29) is 17.9 Å². The lowest BCUT2D eigenvalue weighted by atomic mass is 9.71. The molecule has 0 radical (unpaired) electrons. The van der Waals surface area contributed by atoms with Gasteiger partial charge in [-0.3, -0.25) is 9.59 Å². The Balaban J connectivity index is 1.34. The number of nitrogens with zero attached hydrogens (tertiary/aromatic N) is 3. The minimum absolute atomic E-state index is 0.0182. The molecule has 0 atom stereocenters. The first kappa shape index (κ1) is 21.6. The highest BCUT2D eigenvalue weighted by atomic mass is 16.2. The molecule has 1 saturated heterocycles.